The number of methoxy groups -OCH3 is 2. The molecule has 0 radical (unpaired) electrons. The van der Waals surface area contributed by atoms with Gasteiger partial charge in [-0.3, -0.25) is 0 Å². The predicted molar refractivity (Wildman–Crippen MR) is 105 cm³/mol. The summed E-state index contributed by atoms with van der Waals surface area (Å²) in [7, 11) is 3.18. The van der Waals surface area contributed by atoms with Crippen molar-refractivity contribution in [3.8, 4) is 22.8 Å². The molecule has 0 spiro atoms. The van der Waals surface area contributed by atoms with Gasteiger partial charge in [0.2, 0.25) is 6.29 Å². The fourth-order valence-electron chi connectivity index (χ4n) is 2.71. The Morgan fingerprint density at radius 3 is 2.25 bits per heavy atom. The van der Waals surface area contributed by atoms with Crippen molar-refractivity contribution >= 4 is 5.97 Å². The molecule has 0 aliphatic carbocycles. The second-order valence-corrected chi connectivity index (χ2v) is 5.66. The fourth-order valence-corrected chi connectivity index (χ4v) is 2.71. The van der Waals surface area contributed by atoms with Crippen molar-refractivity contribution in [3.05, 3.63) is 41.6 Å². The third-order valence-electron chi connectivity index (χ3n) is 3.96. The molecule has 152 valence electrons. The van der Waals surface area contributed by atoms with Crippen LogP contribution in [0.4, 0.5) is 0 Å². The molecule has 2 aromatic rings. The Morgan fingerprint density at radius 2 is 1.68 bits per heavy atom. The van der Waals surface area contributed by atoms with Crippen LogP contribution in [-0.4, -0.2) is 45.0 Å². The number of rotatable bonds is 10. The van der Waals surface area contributed by atoms with Crippen LogP contribution in [0.25, 0.3) is 11.3 Å². The van der Waals surface area contributed by atoms with Gasteiger partial charge in [-0.05, 0) is 51.1 Å². The van der Waals surface area contributed by atoms with E-state index in [4.69, 9.17) is 23.7 Å². The topological polar surface area (TPSA) is 76.1 Å². The summed E-state index contributed by atoms with van der Waals surface area (Å²) < 4.78 is 27.3. The van der Waals surface area contributed by atoms with Gasteiger partial charge in [0.1, 0.15) is 17.2 Å². The van der Waals surface area contributed by atoms with Crippen molar-refractivity contribution in [2.75, 3.05) is 34.0 Å². The van der Waals surface area contributed by atoms with E-state index in [1.165, 1.54) is 0 Å². The maximum absolute atomic E-state index is 12.4. The molecule has 0 saturated carbocycles. The summed E-state index contributed by atoms with van der Waals surface area (Å²) in [5.41, 5.74) is 2.00. The van der Waals surface area contributed by atoms with E-state index >= 15 is 0 Å². The zero-order valence-corrected chi connectivity index (χ0v) is 17.0. The van der Waals surface area contributed by atoms with E-state index in [-0.39, 0.29) is 6.61 Å². The lowest BCUT2D eigenvalue weighted by Gasteiger charge is -2.20. The third-order valence-corrected chi connectivity index (χ3v) is 3.96. The number of ether oxygens (including phenoxy) is 5. The first-order valence-electron chi connectivity index (χ1n) is 9.23. The minimum atomic E-state index is -0.786. The molecular weight excluding hydrogens is 362 g/mol. The number of carbonyl (C=O) groups is 1. The van der Waals surface area contributed by atoms with Crippen LogP contribution < -0.4 is 9.47 Å². The van der Waals surface area contributed by atoms with Crippen molar-refractivity contribution in [2.24, 2.45) is 0 Å². The van der Waals surface area contributed by atoms with Gasteiger partial charge < -0.3 is 23.7 Å². The van der Waals surface area contributed by atoms with E-state index in [2.05, 4.69) is 4.98 Å². The van der Waals surface area contributed by atoms with Crippen molar-refractivity contribution in [1.82, 2.24) is 4.98 Å². The largest absolute Gasteiger partial charge is 0.497 e. The Bertz CT molecular complexity index is 786. The number of hydrogen-bond donors (Lipinski definition) is 0. The molecule has 0 unspecified atom stereocenters. The molecule has 0 aliphatic heterocycles. The number of esters is 1. The molecular formula is C21H27NO6. The van der Waals surface area contributed by atoms with Gasteiger partial charge in [-0.2, -0.15) is 0 Å². The number of benzene rings is 1. The van der Waals surface area contributed by atoms with Gasteiger partial charge in [-0.25, -0.2) is 9.78 Å². The maximum atomic E-state index is 12.4. The van der Waals surface area contributed by atoms with Crippen LogP contribution in [0.3, 0.4) is 0 Å². The van der Waals surface area contributed by atoms with Crippen LogP contribution in [-0.2, 0) is 14.2 Å². The Hall–Kier alpha value is -2.64. The summed E-state index contributed by atoms with van der Waals surface area (Å²) in [5, 5.41) is 0. The molecule has 1 aromatic heterocycles. The van der Waals surface area contributed by atoms with E-state index < -0.39 is 12.3 Å². The number of nitrogens with zero attached hydrogens (tertiary/aromatic N) is 1. The molecule has 1 aromatic carbocycles. The molecule has 0 saturated heterocycles. The Kier molecular flexibility index (Phi) is 8.22. The lowest BCUT2D eigenvalue weighted by Crippen LogP contribution is -2.17. The first kappa shape index (κ1) is 21.7. The molecule has 0 bridgehead atoms. The van der Waals surface area contributed by atoms with Crippen molar-refractivity contribution in [2.45, 2.75) is 27.1 Å². The Morgan fingerprint density at radius 1 is 0.964 bits per heavy atom. The number of carbonyl (C=O) groups excluding carboxylic acids is 1. The zero-order chi connectivity index (χ0) is 20.5. The van der Waals surface area contributed by atoms with Gasteiger partial charge in [-0.1, -0.05) is 0 Å². The van der Waals surface area contributed by atoms with E-state index in [0.717, 1.165) is 5.56 Å². The van der Waals surface area contributed by atoms with Crippen molar-refractivity contribution in [1.29, 1.82) is 0 Å². The smallest absolute Gasteiger partial charge is 0.340 e. The van der Waals surface area contributed by atoms with Gasteiger partial charge in [-0.15, -0.1) is 0 Å². The summed E-state index contributed by atoms with van der Waals surface area (Å²) in [5.74, 6) is 0.825. The number of pyridine rings is 1. The standard InChI is InChI=1S/C21H27NO6/c1-6-26-20(23)15-10-11-17(22-19(15)21(27-7-2)28-8-3)16-13-14(24-4)9-12-18(16)25-5/h9-13,21H,6-8H2,1-5H3. The van der Waals surface area contributed by atoms with Gasteiger partial charge in [0.25, 0.3) is 0 Å². The van der Waals surface area contributed by atoms with E-state index in [1.54, 1.807) is 45.4 Å². The quantitative estimate of drug-likeness (QED) is 0.449. The van der Waals surface area contributed by atoms with Gasteiger partial charge >= 0.3 is 5.97 Å². The minimum Gasteiger partial charge on any atom is -0.497 e. The van der Waals surface area contributed by atoms with Crippen LogP contribution in [0.5, 0.6) is 11.5 Å². The molecule has 28 heavy (non-hydrogen) atoms. The predicted octanol–water partition coefficient (Wildman–Crippen LogP) is 4.01. The zero-order valence-electron chi connectivity index (χ0n) is 17.0. The van der Waals surface area contributed by atoms with Crippen LogP contribution in [0.2, 0.25) is 0 Å². The molecule has 7 nitrogen and oxygen atoms in total. The Labute approximate surface area is 165 Å². The monoisotopic (exact) mass is 389 g/mol. The summed E-state index contributed by atoms with van der Waals surface area (Å²) in [4.78, 5) is 17.1. The SMILES string of the molecule is CCOC(=O)c1ccc(-c2cc(OC)ccc2OC)nc1C(OCC)OCC. The molecule has 2 rings (SSSR count). The van der Waals surface area contributed by atoms with Crippen LogP contribution >= 0.6 is 0 Å². The van der Waals surface area contributed by atoms with E-state index in [1.807, 2.05) is 19.9 Å². The second kappa shape index (κ2) is 10.6. The molecule has 7 heteroatoms. The second-order valence-electron chi connectivity index (χ2n) is 5.66. The molecule has 0 N–H and O–H groups in total. The lowest BCUT2D eigenvalue weighted by atomic mass is 10.1. The summed E-state index contributed by atoms with van der Waals surface area (Å²) in [6.07, 6.45) is -0.786. The highest BCUT2D eigenvalue weighted by molar-refractivity contribution is 5.91. The molecule has 1 heterocycles. The molecule has 0 fully saturated rings. The highest BCUT2D eigenvalue weighted by Gasteiger charge is 2.24. The maximum Gasteiger partial charge on any atom is 0.340 e. The normalized spacial score (nSPS) is 10.8. The number of aromatic nitrogens is 1. The minimum absolute atomic E-state index is 0.262. The van der Waals surface area contributed by atoms with Crippen molar-refractivity contribution < 1.29 is 28.5 Å². The first-order chi connectivity index (χ1) is 13.6. The third kappa shape index (κ3) is 4.99. The highest BCUT2D eigenvalue weighted by Crippen LogP contribution is 2.34. The van der Waals surface area contributed by atoms with E-state index in [9.17, 15) is 4.79 Å². The lowest BCUT2D eigenvalue weighted by molar-refractivity contribution is -0.143. The van der Waals surface area contributed by atoms with Gasteiger partial charge in [0.15, 0.2) is 0 Å². The van der Waals surface area contributed by atoms with Crippen molar-refractivity contribution in [3.63, 3.8) is 0 Å². The van der Waals surface area contributed by atoms with Gasteiger partial charge in [0, 0.05) is 18.8 Å². The average Bonchev–Trinajstić information content (AvgIpc) is 2.72. The summed E-state index contributed by atoms with van der Waals surface area (Å²) in [6, 6.07) is 8.84. The highest BCUT2D eigenvalue weighted by atomic mass is 16.7. The summed E-state index contributed by atoms with van der Waals surface area (Å²) >= 11 is 0. The first-order valence-corrected chi connectivity index (χ1v) is 9.23. The van der Waals surface area contributed by atoms with Crippen LogP contribution in [0, 0.1) is 0 Å². The molecule has 0 atom stereocenters. The molecule has 0 aliphatic rings. The Balaban J connectivity index is 2.62. The van der Waals surface area contributed by atoms with Crippen LogP contribution in [0.15, 0.2) is 30.3 Å². The van der Waals surface area contributed by atoms with Gasteiger partial charge in [0.05, 0.1) is 32.1 Å². The van der Waals surface area contributed by atoms with E-state index in [0.29, 0.717) is 41.7 Å². The van der Waals surface area contributed by atoms with Crippen LogP contribution in [0.1, 0.15) is 43.1 Å². The fraction of sp³-hybridized carbons (Fsp3) is 0.429. The summed E-state index contributed by atoms with van der Waals surface area (Å²) in [6.45, 7) is 6.53. The number of hydrogen-bond acceptors (Lipinski definition) is 7. The average molecular weight is 389 g/mol. The molecule has 0 amide bonds.